The predicted octanol–water partition coefficient (Wildman–Crippen LogP) is 3.66. The van der Waals surface area contributed by atoms with E-state index in [1.807, 2.05) is 0 Å². The predicted molar refractivity (Wildman–Crippen MR) is 122 cm³/mol. The molecule has 2 aromatic carbocycles. The van der Waals surface area contributed by atoms with E-state index in [1.54, 1.807) is 24.3 Å². The van der Waals surface area contributed by atoms with Crippen molar-refractivity contribution in [1.29, 1.82) is 0 Å². The minimum absolute atomic E-state index is 0. The van der Waals surface area contributed by atoms with E-state index in [4.69, 9.17) is 4.74 Å². The zero-order valence-electron chi connectivity index (χ0n) is 19.5. The SMILES string of the molecule is CCCCCCCCCCCCCc1c(Oc2ccccc2[O-])cccc1S(=O)(=O)O.[Na+]. The maximum Gasteiger partial charge on any atom is 1.00 e. The van der Waals surface area contributed by atoms with Gasteiger partial charge in [-0.25, -0.2) is 0 Å². The molecule has 0 unspecified atom stereocenters. The molecule has 0 amide bonds. The number of rotatable bonds is 15. The van der Waals surface area contributed by atoms with Gasteiger partial charge in [-0.05, 0) is 31.0 Å². The molecule has 2 aromatic rings. The fourth-order valence-corrected chi connectivity index (χ4v) is 4.51. The Morgan fingerprint density at radius 1 is 0.781 bits per heavy atom. The van der Waals surface area contributed by atoms with Crippen molar-refractivity contribution in [2.75, 3.05) is 0 Å². The van der Waals surface area contributed by atoms with Crippen LogP contribution in [0.5, 0.6) is 17.2 Å². The van der Waals surface area contributed by atoms with Gasteiger partial charge in [0.05, 0.1) is 0 Å². The summed E-state index contributed by atoms with van der Waals surface area (Å²) in [4.78, 5) is -0.152. The standard InChI is InChI=1S/C25H36O5S.Na/c1-2-3-4-5-6-7-8-9-10-11-12-16-21-23(19-15-20-25(21)31(27,28)29)30-24-18-14-13-17-22(24)26;/h13-15,17-20,26H,2-12,16H2,1H3,(H,27,28,29);/q;+1/p-1. The molecule has 0 saturated heterocycles. The van der Waals surface area contributed by atoms with E-state index in [9.17, 15) is 18.1 Å². The van der Waals surface area contributed by atoms with Crippen LogP contribution in [0.2, 0.25) is 0 Å². The molecule has 0 aromatic heterocycles. The summed E-state index contributed by atoms with van der Waals surface area (Å²) >= 11 is 0. The first-order valence-electron chi connectivity index (χ1n) is 11.5. The first kappa shape index (κ1) is 29.0. The second-order valence-electron chi connectivity index (χ2n) is 8.04. The maximum atomic E-state index is 12.0. The fraction of sp³-hybridized carbons (Fsp3) is 0.520. The van der Waals surface area contributed by atoms with Crippen LogP contribution in [0.3, 0.4) is 0 Å². The summed E-state index contributed by atoms with van der Waals surface area (Å²) in [6.07, 6.45) is 13.6. The van der Waals surface area contributed by atoms with E-state index in [0.29, 0.717) is 17.7 Å². The van der Waals surface area contributed by atoms with Gasteiger partial charge in [-0.2, -0.15) is 8.42 Å². The normalized spacial score (nSPS) is 11.2. The third-order valence-corrected chi connectivity index (χ3v) is 6.41. The average Bonchev–Trinajstić information content (AvgIpc) is 2.73. The van der Waals surface area contributed by atoms with Crippen molar-refractivity contribution in [3.63, 3.8) is 0 Å². The molecule has 1 N–H and O–H groups in total. The van der Waals surface area contributed by atoms with Gasteiger partial charge < -0.3 is 9.84 Å². The van der Waals surface area contributed by atoms with Gasteiger partial charge in [-0.3, -0.25) is 4.55 Å². The van der Waals surface area contributed by atoms with E-state index >= 15 is 0 Å². The molecule has 0 spiro atoms. The number of para-hydroxylation sites is 2. The van der Waals surface area contributed by atoms with Crippen molar-refractivity contribution in [3.8, 4) is 17.2 Å². The molecule has 0 heterocycles. The van der Waals surface area contributed by atoms with Crippen LogP contribution in [0.4, 0.5) is 0 Å². The molecule has 0 radical (unpaired) electrons. The first-order valence-corrected chi connectivity index (χ1v) is 12.9. The van der Waals surface area contributed by atoms with E-state index < -0.39 is 10.1 Å². The van der Waals surface area contributed by atoms with Crippen molar-refractivity contribution in [1.82, 2.24) is 0 Å². The van der Waals surface area contributed by atoms with Gasteiger partial charge in [0, 0.05) is 5.56 Å². The molecule has 7 heteroatoms. The second kappa shape index (κ2) is 15.7. The summed E-state index contributed by atoms with van der Waals surface area (Å²) in [5.41, 5.74) is 0.421. The van der Waals surface area contributed by atoms with Gasteiger partial charge in [0.1, 0.15) is 16.4 Å². The van der Waals surface area contributed by atoms with Crippen LogP contribution in [0.1, 0.15) is 83.1 Å². The molecular weight excluding hydrogens is 435 g/mol. The van der Waals surface area contributed by atoms with Gasteiger partial charge in [0.25, 0.3) is 10.1 Å². The largest absolute Gasteiger partial charge is 1.00 e. The topological polar surface area (TPSA) is 86.7 Å². The molecule has 2 rings (SSSR count). The Hall–Kier alpha value is -1.05. The zero-order chi connectivity index (χ0) is 22.5. The van der Waals surface area contributed by atoms with Crippen molar-refractivity contribution < 1.29 is 52.4 Å². The van der Waals surface area contributed by atoms with Gasteiger partial charge in [-0.1, -0.05) is 101 Å². The Kier molecular flexibility index (Phi) is 14.2. The average molecular weight is 471 g/mol. The molecule has 0 aliphatic rings. The number of hydrogen-bond donors (Lipinski definition) is 1. The number of unbranched alkanes of at least 4 members (excludes halogenated alkanes) is 10. The maximum absolute atomic E-state index is 12.0. The molecule has 5 nitrogen and oxygen atoms in total. The van der Waals surface area contributed by atoms with E-state index in [1.165, 1.54) is 69.6 Å². The molecule has 0 atom stereocenters. The van der Waals surface area contributed by atoms with Crippen LogP contribution >= 0.6 is 0 Å². The molecule has 0 bridgehead atoms. The minimum Gasteiger partial charge on any atom is -0.870 e. The third kappa shape index (κ3) is 10.3. The van der Waals surface area contributed by atoms with Crippen molar-refractivity contribution in [2.45, 2.75) is 88.9 Å². The first-order chi connectivity index (χ1) is 14.9. The van der Waals surface area contributed by atoms with Crippen LogP contribution < -0.4 is 39.4 Å². The fourth-order valence-electron chi connectivity index (χ4n) is 3.75. The third-order valence-electron chi connectivity index (χ3n) is 5.47. The quantitative estimate of drug-likeness (QED) is 0.244. The van der Waals surface area contributed by atoms with Crippen LogP contribution in [0, 0.1) is 0 Å². The molecule has 0 fully saturated rings. The Balaban J connectivity index is 0.00000512. The Bertz CT molecular complexity index is 899. The molecule has 32 heavy (non-hydrogen) atoms. The van der Waals surface area contributed by atoms with E-state index in [0.717, 1.165) is 19.3 Å². The number of ether oxygens (including phenoxy) is 1. The summed E-state index contributed by atoms with van der Waals surface area (Å²) < 4.78 is 39.1. The minimum atomic E-state index is -4.38. The second-order valence-corrected chi connectivity index (χ2v) is 9.43. The van der Waals surface area contributed by atoms with Gasteiger partial charge >= 0.3 is 29.6 Å². The van der Waals surface area contributed by atoms with Crippen molar-refractivity contribution in [3.05, 3.63) is 48.0 Å². The van der Waals surface area contributed by atoms with E-state index in [2.05, 4.69) is 6.92 Å². The van der Waals surface area contributed by atoms with Gasteiger partial charge in [0.15, 0.2) is 0 Å². The number of benzene rings is 2. The summed E-state index contributed by atoms with van der Waals surface area (Å²) in [6, 6.07) is 10.8. The zero-order valence-corrected chi connectivity index (χ0v) is 22.3. The summed E-state index contributed by atoms with van der Waals surface area (Å²) in [5.74, 6) is 0.154. The van der Waals surface area contributed by atoms with Crippen LogP contribution in [0.25, 0.3) is 0 Å². The molecule has 172 valence electrons. The summed E-state index contributed by atoms with van der Waals surface area (Å²) in [6.45, 7) is 2.23. The Morgan fingerprint density at radius 3 is 1.88 bits per heavy atom. The van der Waals surface area contributed by atoms with Gasteiger partial charge in [0.2, 0.25) is 0 Å². The van der Waals surface area contributed by atoms with E-state index in [-0.39, 0.29) is 46.0 Å². The van der Waals surface area contributed by atoms with Gasteiger partial charge in [-0.15, -0.1) is 0 Å². The smallest absolute Gasteiger partial charge is 0.870 e. The van der Waals surface area contributed by atoms with Crippen LogP contribution in [-0.2, 0) is 16.5 Å². The molecule has 0 aliphatic carbocycles. The Morgan fingerprint density at radius 2 is 1.31 bits per heavy atom. The van der Waals surface area contributed by atoms with Crippen molar-refractivity contribution in [2.24, 2.45) is 0 Å². The summed E-state index contributed by atoms with van der Waals surface area (Å²) in [5, 5.41) is 12.0. The molecular formula is C25H35NaO5S. The summed E-state index contributed by atoms with van der Waals surface area (Å²) in [7, 11) is -4.38. The molecule has 0 saturated carbocycles. The van der Waals surface area contributed by atoms with Crippen LogP contribution in [-0.4, -0.2) is 13.0 Å². The molecule has 0 aliphatic heterocycles. The van der Waals surface area contributed by atoms with Crippen LogP contribution in [0.15, 0.2) is 47.4 Å². The Labute approximate surface area is 215 Å². The van der Waals surface area contributed by atoms with Crippen molar-refractivity contribution >= 4 is 10.1 Å². The number of hydrogen-bond acceptors (Lipinski definition) is 4. The monoisotopic (exact) mass is 470 g/mol.